The standard InChI is InChI=1S/C20H21FN6O2/c1-27-10-11(8-23-27)16-7-17(28)13(9-22-16)14-4-5-19(26-25-14)29-18-6-12-2-3-15(24-12)20(18)21/h4-5,7-10,12,15,18,20,24H,2-3,6H2,1H3,(H,22,28)/t12?,15?,18-,20+/m1/s1. The molecule has 0 aliphatic carbocycles. The van der Waals surface area contributed by atoms with Gasteiger partial charge in [0.1, 0.15) is 6.10 Å². The minimum atomic E-state index is -1.06. The van der Waals surface area contributed by atoms with Crippen LogP contribution in [0.1, 0.15) is 19.3 Å². The Labute approximate surface area is 166 Å². The third-order valence-electron chi connectivity index (χ3n) is 5.65. The quantitative estimate of drug-likeness (QED) is 0.698. The molecule has 8 nitrogen and oxygen atoms in total. The lowest BCUT2D eigenvalue weighted by Gasteiger charge is -2.32. The number of halogens is 1. The van der Waals surface area contributed by atoms with Crippen LogP contribution < -0.4 is 15.5 Å². The maximum absolute atomic E-state index is 14.5. The van der Waals surface area contributed by atoms with Gasteiger partial charge in [-0.25, -0.2) is 4.39 Å². The van der Waals surface area contributed by atoms with Crippen LogP contribution in [-0.2, 0) is 7.05 Å². The SMILES string of the molecule is Cn1cc(-c2cc(=O)c(-c3ccc(O[C@@H]4CC5CCC(N5)[C@@H]4F)nn3)c[nH]2)cn1. The summed E-state index contributed by atoms with van der Waals surface area (Å²) in [6.45, 7) is 0. The van der Waals surface area contributed by atoms with Crippen molar-refractivity contribution in [3.05, 3.63) is 47.0 Å². The molecular formula is C20H21FN6O2. The number of fused-ring (bicyclic) bond motifs is 2. The molecule has 29 heavy (non-hydrogen) atoms. The minimum absolute atomic E-state index is 0.136. The van der Waals surface area contributed by atoms with E-state index >= 15 is 0 Å². The van der Waals surface area contributed by atoms with Crippen molar-refractivity contribution in [1.29, 1.82) is 0 Å². The number of aryl methyl sites for hydroxylation is 1. The Balaban J connectivity index is 1.33. The topological polar surface area (TPSA) is 97.7 Å². The normalized spacial score (nSPS) is 25.9. The first-order valence-corrected chi connectivity index (χ1v) is 9.69. The fourth-order valence-electron chi connectivity index (χ4n) is 4.15. The van der Waals surface area contributed by atoms with Gasteiger partial charge >= 0.3 is 0 Å². The highest BCUT2D eigenvalue weighted by Crippen LogP contribution is 2.31. The highest BCUT2D eigenvalue weighted by Gasteiger charge is 2.43. The molecule has 0 amide bonds. The van der Waals surface area contributed by atoms with Crippen LogP contribution in [0.5, 0.6) is 5.88 Å². The Kier molecular flexibility index (Phi) is 4.39. The number of piperidine rings is 1. The van der Waals surface area contributed by atoms with Gasteiger partial charge in [0, 0.05) is 55.6 Å². The largest absolute Gasteiger partial charge is 0.470 e. The summed E-state index contributed by atoms with van der Waals surface area (Å²) in [6.07, 6.45) is 5.98. The van der Waals surface area contributed by atoms with Crippen molar-refractivity contribution in [2.75, 3.05) is 0 Å². The Morgan fingerprint density at radius 2 is 2.17 bits per heavy atom. The Morgan fingerprint density at radius 3 is 2.90 bits per heavy atom. The second-order valence-corrected chi connectivity index (χ2v) is 7.67. The molecule has 2 N–H and O–H groups in total. The van der Waals surface area contributed by atoms with Crippen molar-refractivity contribution >= 4 is 0 Å². The van der Waals surface area contributed by atoms with E-state index < -0.39 is 12.3 Å². The molecule has 2 bridgehead atoms. The molecule has 2 unspecified atom stereocenters. The Hall–Kier alpha value is -3.07. The van der Waals surface area contributed by atoms with Crippen LogP contribution in [0, 0.1) is 0 Å². The van der Waals surface area contributed by atoms with E-state index in [4.69, 9.17) is 4.74 Å². The Bertz CT molecular complexity index is 1080. The number of pyridine rings is 1. The number of H-pyrrole nitrogens is 1. The van der Waals surface area contributed by atoms with E-state index in [0.29, 0.717) is 29.4 Å². The zero-order valence-corrected chi connectivity index (χ0v) is 15.9. The van der Waals surface area contributed by atoms with Gasteiger partial charge < -0.3 is 15.0 Å². The van der Waals surface area contributed by atoms with Gasteiger partial charge in [-0.2, -0.15) is 5.10 Å². The third-order valence-corrected chi connectivity index (χ3v) is 5.65. The number of nitrogens with one attached hydrogen (secondary N) is 2. The van der Waals surface area contributed by atoms with E-state index in [1.54, 1.807) is 29.2 Å². The highest BCUT2D eigenvalue weighted by molar-refractivity contribution is 5.63. The van der Waals surface area contributed by atoms with E-state index in [2.05, 4.69) is 25.6 Å². The molecule has 0 aromatic carbocycles. The summed E-state index contributed by atoms with van der Waals surface area (Å²) in [7, 11) is 1.81. The first-order valence-electron chi connectivity index (χ1n) is 9.69. The monoisotopic (exact) mass is 396 g/mol. The molecule has 0 saturated carbocycles. The number of nitrogens with zero attached hydrogens (tertiary/aromatic N) is 4. The van der Waals surface area contributed by atoms with Gasteiger partial charge in [0.05, 0.1) is 23.1 Å². The highest BCUT2D eigenvalue weighted by atomic mass is 19.1. The molecule has 4 atom stereocenters. The van der Waals surface area contributed by atoms with Crippen molar-refractivity contribution < 1.29 is 9.13 Å². The molecule has 0 radical (unpaired) electrons. The van der Waals surface area contributed by atoms with Crippen LogP contribution in [0.4, 0.5) is 4.39 Å². The molecule has 2 fully saturated rings. The van der Waals surface area contributed by atoms with Gasteiger partial charge in [-0.05, 0) is 18.9 Å². The van der Waals surface area contributed by atoms with Crippen molar-refractivity contribution in [3.63, 3.8) is 0 Å². The molecule has 0 spiro atoms. The molecule has 2 aliphatic heterocycles. The summed E-state index contributed by atoms with van der Waals surface area (Å²) in [6, 6.07) is 4.98. The lowest BCUT2D eigenvalue weighted by Crippen LogP contribution is -2.51. The smallest absolute Gasteiger partial charge is 0.233 e. The zero-order chi connectivity index (χ0) is 20.0. The summed E-state index contributed by atoms with van der Waals surface area (Å²) in [5.74, 6) is 0.270. The second kappa shape index (κ2) is 7.07. The number of rotatable bonds is 4. The first kappa shape index (κ1) is 18.0. The summed E-state index contributed by atoms with van der Waals surface area (Å²) in [4.78, 5) is 15.6. The maximum atomic E-state index is 14.5. The van der Waals surface area contributed by atoms with E-state index in [1.165, 1.54) is 6.07 Å². The lowest BCUT2D eigenvalue weighted by molar-refractivity contribution is 0.0422. The van der Waals surface area contributed by atoms with Crippen LogP contribution in [0.3, 0.4) is 0 Å². The van der Waals surface area contributed by atoms with E-state index in [0.717, 1.165) is 18.4 Å². The minimum Gasteiger partial charge on any atom is -0.470 e. The van der Waals surface area contributed by atoms with Gasteiger partial charge in [-0.3, -0.25) is 9.48 Å². The summed E-state index contributed by atoms with van der Waals surface area (Å²) < 4.78 is 21.9. The fraction of sp³-hybridized carbons (Fsp3) is 0.400. The van der Waals surface area contributed by atoms with Crippen LogP contribution in [0.15, 0.2) is 41.6 Å². The zero-order valence-electron chi connectivity index (χ0n) is 15.9. The summed E-state index contributed by atoms with van der Waals surface area (Å²) >= 11 is 0. The average Bonchev–Trinajstić information content (AvgIpc) is 3.33. The van der Waals surface area contributed by atoms with Crippen LogP contribution >= 0.6 is 0 Å². The number of aromatic amines is 1. The number of alkyl halides is 1. The lowest BCUT2D eigenvalue weighted by atomic mass is 10.0. The molecule has 9 heteroatoms. The molecule has 2 saturated heterocycles. The van der Waals surface area contributed by atoms with Gasteiger partial charge in [-0.15, -0.1) is 10.2 Å². The van der Waals surface area contributed by atoms with Gasteiger partial charge in [0.15, 0.2) is 11.6 Å². The average molecular weight is 396 g/mol. The van der Waals surface area contributed by atoms with Crippen molar-refractivity contribution in [2.45, 2.75) is 43.6 Å². The van der Waals surface area contributed by atoms with Crippen LogP contribution in [-0.4, -0.2) is 49.3 Å². The van der Waals surface area contributed by atoms with Gasteiger partial charge in [-0.1, -0.05) is 0 Å². The van der Waals surface area contributed by atoms with Crippen molar-refractivity contribution in [1.82, 2.24) is 30.3 Å². The number of hydrogen-bond donors (Lipinski definition) is 2. The van der Waals surface area contributed by atoms with E-state index in [-0.39, 0.29) is 17.4 Å². The van der Waals surface area contributed by atoms with Gasteiger partial charge in [0.2, 0.25) is 5.88 Å². The molecule has 150 valence electrons. The maximum Gasteiger partial charge on any atom is 0.233 e. The van der Waals surface area contributed by atoms with E-state index in [1.807, 2.05) is 13.2 Å². The third kappa shape index (κ3) is 3.42. The predicted molar refractivity (Wildman–Crippen MR) is 104 cm³/mol. The molecule has 2 aliphatic rings. The molecule has 5 rings (SSSR count). The number of aromatic nitrogens is 5. The number of ether oxygens (including phenoxy) is 1. The molecule has 3 aromatic rings. The summed E-state index contributed by atoms with van der Waals surface area (Å²) in [5.41, 5.74) is 2.15. The van der Waals surface area contributed by atoms with Crippen LogP contribution in [0.25, 0.3) is 22.5 Å². The fourth-order valence-corrected chi connectivity index (χ4v) is 4.15. The molecular weight excluding hydrogens is 375 g/mol. The van der Waals surface area contributed by atoms with E-state index in [9.17, 15) is 9.18 Å². The second-order valence-electron chi connectivity index (χ2n) is 7.67. The molecule has 5 heterocycles. The first-order chi connectivity index (χ1) is 14.1. The number of hydrogen-bond acceptors (Lipinski definition) is 6. The predicted octanol–water partition coefficient (Wildman–Crippen LogP) is 1.84. The van der Waals surface area contributed by atoms with Crippen molar-refractivity contribution in [2.24, 2.45) is 7.05 Å². The van der Waals surface area contributed by atoms with Crippen molar-refractivity contribution in [3.8, 4) is 28.4 Å². The van der Waals surface area contributed by atoms with Crippen LogP contribution in [0.2, 0.25) is 0 Å². The molecule has 3 aromatic heterocycles. The Morgan fingerprint density at radius 1 is 1.28 bits per heavy atom. The van der Waals surface area contributed by atoms with Gasteiger partial charge in [0.25, 0.3) is 0 Å². The summed E-state index contributed by atoms with van der Waals surface area (Å²) in [5, 5.41) is 15.5.